The van der Waals surface area contributed by atoms with Crippen LogP contribution in [0.1, 0.15) is 46.0 Å². The van der Waals surface area contributed by atoms with Crippen LogP contribution in [0.5, 0.6) is 0 Å². The van der Waals surface area contributed by atoms with Gasteiger partial charge in [0.25, 0.3) is 0 Å². The van der Waals surface area contributed by atoms with E-state index in [4.69, 9.17) is 0 Å². The molecule has 4 nitrogen and oxygen atoms in total. The Labute approximate surface area is 120 Å². The van der Waals surface area contributed by atoms with E-state index in [1.807, 2.05) is 13.8 Å². The molecule has 0 aromatic heterocycles. The second kappa shape index (κ2) is 5.05. The van der Waals surface area contributed by atoms with Crippen molar-refractivity contribution < 1.29 is 14.7 Å². The van der Waals surface area contributed by atoms with E-state index in [-0.39, 0.29) is 17.7 Å². The second-order valence-corrected chi connectivity index (χ2v) is 7.53. The predicted octanol–water partition coefficient (Wildman–Crippen LogP) is 2.28. The van der Waals surface area contributed by atoms with Crippen molar-refractivity contribution in [2.75, 3.05) is 0 Å². The Morgan fingerprint density at radius 2 is 1.50 bits per heavy atom. The highest BCUT2D eigenvalue weighted by atomic mass is 16.4. The van der Waals surface area contributed by atoms with E-state index < -0.39 is 12.0 Å². The molecule has 1 atom stereocenters. The van der Waals surface area contributed by atoms with E-state index in [0.717, 1.165) is 11.8 Å². The number of carboxylic acids is 1. The molecule has 112 valence electrons. The highest BCUT2D eigenvalue weighted by Crippen LogP contribution is 2.56. The van der Waals surface area contributed by atoms with Crippen LogP contribution in [0.15, 0.2) is 0 Å². The molecule has 1 amide bonds. The van der Waals surface area contributed by atoms with Crippen LogP contribution in [0.25, 0.3) is 0 Å². The summed E-state index contributed by atoms with van der Waals surface area (Å²) in [6.45, 7) is 3.69. The summed E-state index contributed by atoms with van der Waals surface area (Å²) < 4.78 is 0. The summed E-state index contributed by atoms with van der Waals surface area (Å²) in [5.41, 5.74) is 0. The summed E-state index contributed by atoms with van der Waals surface area (Å²) in [7, 11) is 0. The lowest BCUT2D eigenvalue weighted by atomic mass is 9.51. The Morgan fingerprint density at radius 3 is 1.90 bits per heavy atom. The molecule has 4 rings (SSSR count). The maximum absolute atomic E-state index is 12.6. The van der Waals surface area contributed by atoms with Crippen LogP contribution >= 0.6 is 0 Å². The van der Waals surface area contributed by atoms with Gasteiger partial charge in [0, 0.05) is 5.92 Å². The maximum Gasteiger partial charge on any atom is 0.326 e. The van der Waals surface area contributed by atoms with Crippen LogP contribution in [0.4, 0.5) is 0 Å². The Morgan fingerprint density at radius 1 is 1.00 bits per heavy atom. The molecule has 0 aromatic rings. The normalized spacial score (nSPS) is 39.9. The van der Waals surface area contributed by atoms with Crippen LogP contribution in [-0.2, 0) is 9.59 Å². The van der Waals surface area contributed by atoms with Gasteiger partial charge in [-0.2, -0.15) is 0 Å². The lowest BCUT2D eigenvalue weighted by Crippen LogP contribution is -2.54. The SMILES string of the molecule is CC(C)C(NC(=O)C1C2CC3CC(C2)CC1C3)C(=O)O. The summed E-state index contributed by atoms with van der Waals surface area (Å²) in [5.74, 6) is 1.76. The largest absolute Gasteiger partial charge is 0.480 e. The molecule has 0 aliphatic heterocycles. The zero-order chi connectivity index (χ0) is 14.4. The van der Waals surface area contributed by atoms with Gasteiger partial charge >= 0.3 is 5.97 Å². The third kappa shape index (κ3) is 2.33. The molecule has 0 radical (unpaired) electrons. The molecule has 0 spiro atoms. The summed E-state index contributed by atoms with van der Waals surface area (Å²) in [5, 5.41) is 12.0. The fourth-order valence-electron chi connectivity index (χ4n) is 5.12. The van der Waals surface area contributed by atoms with Crippen LogP contribution in [0.2, 0.25) is 0 Å². The molecule has 0 heterocycles. The minimum absolute atomic E-state index is 0.0000926. The van der Waals surface area contributed by atoms with Gasteiger partial charge in [0.2, 0.25) is 5.91 Å². The van der Waals surface area contributed by atoms with Crippen LogP contribution in [0, 0.1) is 35.5 Å². The van der Waals surface area contributed by atoms with Gasteiger partial charge < -0.3 is 10.4 Å². The molecule has 4 bridgehead atoms. The number of carboxylic acid groups (broad SMARTS) is 1. The van der Waals surface area contributed by atoms with Crippen molar-refractivity contribution in [2.45, 2.75) is 52.0 Å². The second-order valence-electron chi connectivity index (χ2n) is 7.53. The Balaban J connectivity index is 1.70. The average Bonchev–Trinajstić information content (AvgIpc) is 2.33. The van der Waals surface area contributed by atoms with Crippen molar-refractivity contribution in [2.24, 2.45) is 35.5 Å². The molecule has 4 saturated carbocycles. The van der Waals surface area contributed by atoms with Crippen molar-refractivity contribution >= 4 is 11.9 Å². The first-order valence-corrected chi connectivity index (χ1v) is 7.99. The van der Waals surface area contributed by atoms with Crippen LogP contribution in [0.3, 0.4) is 0 Å². The fraction of sp³-hybridized carbons (Fsp3) is 0.875. The average molecular weight is 279 g/mol. The predicted molar refractivity (Wildman–Crippen MR) is 74.9 cm³/mol. The molecule has 2 N–H and O–H groups in total. The highest BCUT2D eigenvalue weighted by Gasteiger charge is 2.51. The number of carbonyl (C=O) groups excluding carboxylic acids is 1. The molecule has 20 heavy (non-hydrogen) atoms. The van der Waals surface area contributed by atoms with E-state index in [1.165, 1.54) is 32.1 Å². The van der Waals surface area contributed by atoms with E-state index in [0.29, 0.717) is 11.8 Å². The first kappa shape index (κ1) is 13.9. The highest BCUT2D eigenvalue weighted by molar-refractivity contribution is 5.85. The number of aliphatic carboxylic acids is 1. The van der Waals surface area contributed by atoms with Gasteiger partial charge in [0.15, 0.2) is 0 Å². The van der Waals surface area contributed by atoms with Gasteiger partial charge in [-0.15, -0.1) is 0 Å². The minimum Gasteiger partial charge on any atom is -0.480 e. The van der Waals surface area contributed by atoms with Crippen LogP contribution in [-0.4, -0.2) is 23.0 Å². The van der Waals surface area contributed by atoms with Gasteiger partial charge in [-0.3, -0.25) is 4.79 Å². The molecule has 4 aliphatic rings. The minimum atomic E-state index is -0.919. The molecule has 4 fully saturated rings. The van der Waals surface area contributed by atoms with Crippen molar-refractivity contribution in [3.63, 3.8) is 0 Å². The molecular formula is C16H25NO3. The van der Waals surface area contributed by atoms with E-state index in [9.17, 15) is 14.7 Å². The molecule has 0 aromatic carbocycles. The van der Waals surface area contributed by atoms with Gasteiger partial charge in [0.05, 0.1) is 0 Å². The summed E-state index contributed by atoms with van der Waals surface area (Å²) >= 11 is 0. The number of nitrogens with one attached hydrogen (secondary N) is 1. The number of rotatable bonds is 4. The Bertz CT molecular complexity index is 390. The monoisotopic (exact) mass is 279 g/mol. The fourth-order valence-corrected chi connectivity index (χ4v) is 5.12. The zero-order valence-electron chi connectivity index (χ0n) is 12.3. The Hall–Kier alpha value is -1.06. The number of hydrogen-bond donors (Lipinski definition) is 2. The summed E-state index contributed by atoms with van der Waals surface area (Å²) in [6, 6.07) is -0.750. The zero-order valence-corrected chi connectivity index (χ0v) is 12.3. The number of carbonyl (C=O) groups is 2. The number of amides is 1. The van der Waals surface area contributed by atoms with Crippen LogP contribution < -0.4 is 5.32 Å². The third-order valence-electron chi connectivity index (χ3n) is 5.76. The topological polar surface area (TPSA) is 66.4 Å². The van der Waals surface area contributed by atoms with Gasteiger partial charge in [-0.25, -0.2) is 4.79 Å². The van der Waals surface area contributed by atoms with Gasteiger partial charge in [0.1, 0.15) is 6.04 Å². The van der Waals surface area contributed by atoms with Crippen molar-refractivity contribution in [3.8, 4) is 0 Å². The first-order chi connectivity index (χ1) is 9.45. The molecule has 4 aliphatic carbocycles. The molecule has 0 saturated heterocycles. The summed E-state index contributed by atoms with van der Waals surface area (Å²) in [4.78, 5) is 23.8. The molecule has 1 unspecified atom stereocenters. The van der Waals surface area contributed by atoms with Crippen molar-refractivity contribution in [1.29, 1.82) is 0 Å². The van der Waals surface area contributed by atoms with E-state index in [1.54, 1.807) is 0 Å². The van der Waals surface area contributed by atoms with E-state index >= 15 is 0 Å². The molecular weight excluding hydrogens is 254 g/mol. The Kier molecular flexibility index (Phi) is 3.51. The lowest BCUT2D eigenvalue weighted by Gasteiger charge is -2.53. The summed E-state index contributed by atoms with van der Waals surface area (Å²) in [6.07, 6.45) is 6.11. The molecule has 4 heteroatoms. The quantitative estimate of drug-likeness (QED) is 0.829. The smallest absolute Gasteiger partial charge is 0.326 e. The maximum atomic E-state index is 12.6. The number of hydrogen-bond acceptors (Lipinski definition) is 2. The van der Waals surface area contributed by atoms with E-state index in [2.05, 4.69) is 5.32 Å². The van der Waals surface area contributed by atoms with Crippen molar-refractivity contribution in [1.82, 2.24) is 5.32 Å². The third-order valence-corrected chi connectivity index (χ3v) is 5.76. The van der Waals surface area contributed by atoms with Crippen molar-refractivity contribution in [3.05, 3.63) is 0 Å². The van der Waals surface area contributed by atoms with Gasteiger partial charge in [-0.05, 0) is 61.7 Å². The standard InChI is InChI=1S/C16H25NO3/c1-8(2)14(16(19)20)17-15(18)13-11-4-9-3-10(6-11)7-12(13)5-9/h8-14H,3-7H2,1-2H3,(H,17,18)(H,19,20). The lowest BCUT2D eigenvalue weighted by molar-refractivity contribution is -0.147. The first-order valence-electron chi connectivity index (χ1n) is 7.99. The van der Waals surface area contributed by atoms with Gasteiger partial charge in [-0.1, -0.05) is 13.8 Å².